The van der Waals surface area contributed by atoms with Gasteiger partial charge < -0.3 is 40.4 Å². The molecule has 2 fully saturated rings. The Morgan fingerprint density at radius 1 is 0.942 bits per heavy atom. The summed E-state index contributed by atoms with van der Waals surface area (Å²) < 4.78 is 16.5. The van der Waals surface area contributed by atoms with E-state index < -0.39 is 29.7 Å². The molecule has 3 atom stereocenters. The van der Waals surface area contributed by atoms with Crippen molar-refractivity contribution < 1.29 is 28.6 Å². The number of aromatic nitrogens is 2. The van der Waals surface area contributed by atoms with Gasteiger partial charge in [-0.25, -0.2) is 14.6 Å². The maximum Gasteiger partial charge on any atom is 0.412 e. The Labute approximate surface area is 303 Å². The topological polar surface area (TPSA) is 173 Å². The highest BCUT2D eigenvalue weighted by Crippen LogP contribution is 2.31. The average molecular weight is 711 g/mol. The third-order valence-corrected chi connectivity index (χ3v) is 8.98. The Hall–Kier alpha value is -5.47. The van der Waals surface area contributed by atoms with Crippen molar-refractivity contribution in [3.8, 4) is 0 Å². The average Bonchev–Trinajstić information content (AvgIpc) is 3.12. The third kappa shape index (κ3) is 9.06. The minimum atomic E-state index is -0.728. The molecule has 5 N–H and O–H groups in total. The fourth-order valence-corrected chi connectivity index (χ4v) is 6.35. The molecule has 274 valence electrons. The van der Waals surface area contributed by atoms with Gasteiger partial charge in [0.2, 0.25) is 0 Å². The second kappa shape index (κ2) is 15.8. The van der Waals surface area contributed by atoms with Gasteiger partial charge >= 0.3 is 12.2 Å². The summed E-state index contributed by atoms with van der Waals surface area (Å²) in [5.41, 5.74) is 9.54. The molecule has 2 aliphatic heterocycles. The maximum absolute atomic E-state index is 14.2. The Morgan fingerprint density at radius 2 is 1.71 bits per heavy atom. The Morgan fingerprint density at radius 3 is 2.46 bits per heavy atom. The first-order chi connectivity index (χ1) is 24.9. The molecule has 3 amide bonds. The van der Waals surface area contributed by atoms with Crippen LogP contribution in [-0.4, -0.2) is 85.1 Å². The minimum Gasteiger partial charge on any atom is -0.444 e. The molecule has 6 rings (SSSR count). The van der Waals surface area contributed by atoms with Crippen molar-refractivity contribution in [2.45, 2.75) is 52.0 Å². The number of benzene rings is 2. The van der Waals surface area contributed by atoms with Gasteiger partial charge in [0.1, 0.15) is 12.2 Å². The number of carbonyl (C=O) groups excluding carboxylic acids is 3. The second-order valence-corrected chi connectivity index (χ2v) is 14.1. The van der Waals surface area contributed by atoms with Crippen LogP contribution >= 0.6 is 0 Å². The van der Waals surface area contributed by atoms with Crippen LogP contribution in [0.2, 0.25) is 0 Å². The lowest BCUT2D eigenvalue weighted by Gasteiger charge is -2.42. The summed E-state index contributed by atoms with van der Waals surface area (Å²) in [4.78, 5) is 53.2. The molecule has 0 aliphatic carbocycles. The number of pyridine rings is 2. The van der Waals surface area contributed by atoms with Gasteiger partial charge in [0.15, 0.2) is 5.69 Å². The van der Waals surface area contributed by atoms with E-state index in [1.54, 1.807) is 45.3 Å². The number of morpholine rings is 1. The number of nitrogens with zero attached hydrogens (tertiary/aromatic N) is 4. The zero-order valence-corrected chi connectivity index (χ0v) is 29.9. The van der Waals surface area contributed by atoms with Crippen molar-refractivity contribution in [2.75, 3.05) is 59.8 Å². The van der Waals surface area contributed by atoms with E-state index in [0.717, 1.165) is 29.7 Å². The van der Waals surface area contributed by atoms with E-state index in [1.165, 1.54) is 0 Å². The summed E-state index contributed by atoms with van der Waals surface area (Å²) in [7, 11) is 0. The number of nitrogens with two attached hydrogens (primary N) is 1. The van der Waals surface area contributed by atoms with Crippen LogP contribution in [0.25, 0.3) is 10.9 Å². The third-order valence-electron chi connectivity index (χ3n) is 8.98. The van der Waals surface area contributed by atoms with E-state index in [9.17, 15) is 14.4 Å². The molecule has 52 heavy (non-hydrogen) atoms. The predicted octanol–water partition coefficient (Wildman–Crippen LogP) is 5.14. The molecule has 2 aromatic heterocycles. The van der Waals surface area contributed by atoms with Crippen LogP contribution in [0.3, 0.4) is 0 Å². The maximum atomic E-state index is 14.2. The Kier molecular flexibility index (Phi) is 11.1. The number of hydrogen-bond acceptors (Lipinski definition) is 11. The van der Waals surface area contributed by atoms with Crippen LogP contribution in [0.1, 0.15) is 43.7 Å². The van der Waals surface area contributed by atoms with Crippen LogP contribution in [0, 0.1) is 5.92 Å². The lowest BCUT2D eigenvalue weighted by molar-refractivity contribution is 0.0486. The SMILES string of the molecule is C[C@H]1CN(c2ccncc2NC(=O)c2nc3cc(N4CCOCC4)ccc3cc2NC(=O)OCc2ccccc2)C[C@@H](NC(=O)OC(C)(C)C)[C@H]1N. The van der Waals surface area contributed by atoms with Crippen LogP contribution in [0.4, 0.5) is 32.3 Å². The lowest BCUT2D eigenvalue weighted by atomic mass is 9.90. The van der Waals surface area contributed by atoms with Gasteiger partial charge in [-0.3, -0.25) is 15.1 Å². The van der Waals surface area contributed by atoms with Crippen molar-refractivity contribution in [1.82, 2.24) is 15.3 Å². The van der Waals surface area contributed by atoms with Gasteiger partial charge in [-0.1, -0.05) is 43.3 Å². The van der Waals surface area contributed by atoms with Crippen molar-refractivity contribution in [1.29, 1.82) is 0 Å². The number of piperidine rings is 1. The number of rotatable bonds is 8. The fraction of sp³-hybridized carbons (Fsp3) is 0.395. The van der Waals surface area contributed by atoms with E-state index in [0.29, 0.717) is 43.2 Å². The number of nitrogens with one attached hydrogen (secondary N) is 3. The van der Waals surface area contributed by atoms with Crippen molar-refractivity contribution in [3.05, 3.63) is 84.3 Å². The van der Waals surface area contributed by atoms with E-state index in [2.05, 4.69) is 30.7 Å². The zero-order valence-electron chi connectivity index (χ0n) is 29.9. The second-order valence-electron chi connectivity index (χ2n) is 14.1. The van der Waals surface area contributed by atoms with Gasteiger partial charge in [0.25, 0.3) is 5.91 Å². The largest absolute Gasteiger partial charge is 0.444 e. The molecule has 0 unspecified atom stereocenters. The fourth-order valence-electron chi connectivity index (χ4n) is 6.35. The number of ether oxygens (including phenoxy) is 3. The van der Waals surface area contributed by atoms with Crippen LogP contribution in [0.5, 0.6) is 0 Å². The molecule has 2 aliphatic rings. The van der Waals surface area contributed by atoms with Crippen LogP contribution in [-0.2, 0) is 20.8 Å². The number of hydrogen-bond donors (Lipinski definition) is 4. The molecule has 14 nitrogen and oxygen atoms in total. The highest BCUT2D eigenvalue weighted by Gasteiger charge is 2.35. The monoisotopic (exact) mass is 710 g/mol. The molecule has 14 heteroatoms. The summed E-state index contributed by atoms with van der Waals surface area (Å²) in [5.74, 6) is -0.567. The number of amides is 3. The normalized spacial score (nSPS) is 19.1. The molecule has 2 saturated heterocycles. The molecule has 0 bridgehead atoms. The standard InChI is InChI=1S/C38H46N8O6/c1-24-21-46(22-31(33(24)39)44-37(49)52-38(2,3)4)32-12-13-40-20-30(32)42-35(47)34-29(43-36(48)51-23-25-8-6-5-7-9-25)18-26-10-11-27(19-28(26)41-34)45-14-16-50-17-15-45/h5-13,18-20,24,31,33H,14-17,21-23,39H2,1-4H3,(H,42,47)(H,43,48)(H,44,49)/t24-,31+,33-/m0/s1. The lowest BCUT2D eigenvalue weighted by Crippen LogP contribution is -2.62. The van der Waals surface area contributed by atoms with Gasteiger partial charge in [0, 0.05) is 49.5 Å². The highest BCUT2D eigenvalue weighted by atomic mass is 16.6. The van der Waals surface area contributed by atoms with E-state index in [1.807, 2.05) is 55.5 Å². The highest BCUT2D eigenvalue weighted by molar-refractivity contribution is 6.11. The summed E-state index contributed by atoms with van der Waals surface area (Å²) in [6.07, 6.45) is 1.92. The first-order valence-electron chi connectivity index (χ1n) is 17.4. The van der Waals surface area contributed by atoms with E-state index in [-0.39, 0.29) is 29.9 Å². The first-order valence-corrected chi connectivity index (χ1v) is 17.4. The summed E-state index contributed by atoms with van der Waals surface area (Å²) in [6.45, 7) is 11.1. The quantitative estimate of drug-likeness (QED) is 0.191. The molecule has 4 heterocycles. The summed E-state index contributed by atoms with van der Waals surface area (Å²) in [6, 6.07) is 17.9. The minimum absolute atomic E-state index is 0.00315. The number of carbonyl (C=O) groups is 3. The Bertz CT molecular complexity index is 1900. The molecular weight excluding hydrogens is 664 g/mol. The summed E-state index contributed by atoms with van der Waals surface area (Å²) >= 11 is 0. The molecule has 2 aromatic carbocycles. The molecule has 0 spiro atoms. The zero-order chi connectivity index (χ0) is 36.8. The Balaban J connectivity index is 1.27. The van der Waals surface area contributed by atoms with Crippen molar-refractivity contribution in [3.63, 3.8) is 0 Å². The van der Waals surface area contributed by atoms with Gasteiger partial charge in [-0.05, 0) is 56.5 Å². The molecule has 0 radical (unpaired) electrons. The van der Waals surface area contributed by atoms with Crippen molar-refractivity contribution >= 4 is 51.7 Å². The van der Waals surface area contributed by atoms with Crippen LogP contribution in [0.15, 0.2) is 73.1 Å². The molecular formula is C38H46N8O6. The van der Waals surface area contributed by atoms with Gasteiger partial charge in [-0.2, -0.15) is 0 Å². The smallest absolute Gasteiger partial charge is 0.412 e. The number of anilines is 4. The predicted molar refractivity (Wildman–Crippen MR) is 200 cm³/mol. The summed E-state index contributed by atoms with van der Waals surface area (Å²) in [5, 5.41) is 9.39. The first kappa shape index (κ1) is 36.3. The number of alkyl carbamates (subject to hydrolysis) is 1. The molecule has 0 saturated carbocycles. The van der Waals surface area contributed by atoms with Crippen LogP contribution < -0.4 is 31.5 Å². The van der Waals surface area contributed by atoms with E-state index in [4.69, 9.17) is 24.9 Å². The molecule has 4 aromatic rings. The van der Waals surface area contributed by atoms with Crippen molar-refractivity contribution in [2.24, 2.45) is 11.7 Å². The van der Waals surface area contributed by atoms with Gasteiger partial charge in [0.05, 0.1) is 48.0 Å². The number of fused-ring (bicyclic) bond motifs is 1. The van der Waals surface area contributed by atoms with E-state index >= 15 is 0 Å². The van der Waals surface area contributed by atoms with Gasteiger partial charge in [-0.15, -0.1) is 0 Å².